The maximum atomic E-state index is 13.9. The van der Waals surface area contributed by atoms with Crippen LogP contribution in [0.3, 0.4) is 0 Å². The standard InChI is InChI=1S/C15H18FN3S/c1-8-10(3)18-15(19-11(8)4)20-13-7-5-6-12(16)14(13)9(2)17/h5-7,9H,17H2,1-4H3/t9-/m1/s1. The molecule has 0 spiro atoms. The molecule has 0 fully saturated rings. The maximum Gasteiger partial charge on any atom is 0.192 e. The number of halogens is 1. The van der Waals surface area contributed by atoms with Crippen molar-refractivity contribution >= 4 is 11.8 Å². The van der Waals surface area contributed by atoms with Gasteiger partial charge in [0.05, 0.1) is 0 Å². The zero-order chi connectivity index (χ0) is 14.9. The molecule has 0 aliphatic carbocycles. The molecule has 2 rings (SSSR count). The SMILES string of the molecule is Cc1nc(Sc2cccc(F)c2[C@@H](C)N)nc(C)c1C. The minimum absolute atomic E-state index is 0.287. The fourth-order valence-corrected chi connectivity index (χ4v) is 3.04. The van der Waals surface area contributed by atoms with Crippen LogP contribution in [0.4, 0.5) is 4.39 Å². The summed E-state index contributed by atoms with van der Waals surface area (Å²) in [5.74, 6) is -0.287. The normalized spacial score (nSPS) is 12.5. The number of benzene rings is 1. The van der Waals surface area contributed by atoms with Crippen LogP contribution in [-0.2, 0) is 0 Å². The smallest absolute Gasteiger partial charge is 0.192 e. The highest BCUT2D eigenvalue weighted by Crippen LogP contribution is 2.32. The average Bonchev–Trinajstić information content (AvgIpc) is 2.35. The molecule has 1 atom stereocenters. The molecule has 1 aromatic heterocycles. The summed E-state index contributed by atoms with van der Waals surface area (Å²) in [6.07, 6.45) is 0. The molecule has 1 aromatic carbocycles. The molecule has 5 heteroatoms. The molecular formula is C15H18FN3S. The molecule has 0 radical (unpaired) electrons. The molecule has 0 saturated heterocycles. The lowest BCUT2D eigenvalue weighted by Gasteiger charge is -2.13. The van der Waals surface area contributed by atoms with Gasteiger partial charge < -0.3 is 5.73 Å². The van der Waals surface area contributed by atoms with Crippen LogP contribution in [0.2, 0.25) is 0 Å². The van der Waals surface area contributed by atoms with Gasteiger partial charge in [0.1, 0.15) is 5.82 Å². The largest absolute Gasteiger partial charge is 0.324 e. The Bertz CT molecular complexity index is 618. The van der Waals surface area contributed by atoms with Crippen LogP contribution in [0, 0.1) is 26.6 Å². The summed E-state index contributed by atoms with van der Waals surface area (Å²) in [6.45, 7) is 7.67. The Balaban J connectivity index is 2.43. The maximum absolute atomic E-state index is 13.9. The van der Waals surface area contributed by atoms with E-state index in [2.05, 4.69) is 9.97 Å². The second kappa shape index (κ2) is 5.89. The van der Waals surface area contributed by atoms with Crippen LogP contribution >= 0.6 is 11.8 Å². The Morgan fingerprint density at radius 3 is 2.30 bits per heavy atom. The van der Waals surface area contributed by atoms with Crippen molar-refractivity contribution in [2.75, 3.05) is 0 Å². The summed E-state index contributed by atoms with van der Waals surface area (Å²) >= 11 is 1.35. The van der Waals surface area contributed by atoms with E-state index >= 15 is 0 Å². The van der Waals surface area contributed by atoms with Gasteiger partial charge in [-0.25, -0.2) is 14.4 Å². The van der Waals surface area contributed by atoms with Crippen molar-refractivity contribution in [1.82, 2.24) is 9.97 Å². The van der Waals surface area contributed by atoms with E-state index in [1.807, 2.05) is 26.8 Å². The zero-order valence-electron chi connectivity index (χ0n) is 12.1. The predicted molar refractivity (Wildman–Crippen MR) is 79.4 cm³/mol. The Hall–Kier alpha value is -1.46. The number of hydrogen-bond donors (Lipinski definition) is 1. The highest BCUT2D eigenvalue weighted by molar-refractivity contribution is 7.99. The number of hydrogen-bond acceptors (Lipinski definition) is 4. The molecule has 0 aliphatic rings. The van der Waals surface area contributed by atoms with E-state index in [0.717, 1.165) is 21.8 Å². The summed E-state index contributed by atoms with van der Waals surface area (Å²) in [6, 6.07) is 4.58. The Kier molecular flexibility index (Phi) is 4.40. The third-order valence-corrected chi connectivity index (χ3v) is 4.22. The van der Waals surface area contributed by atoms with Crippen molar-refractivity contribution in [2.45, 2.75) is 43.8 Å². The summed E-state index contributed by atoms with van der Waals surface area (Å²) in [5, 5.41) is 0.623. The first-order valence-electron chi connectivity index (χ1n) is 6.44. The molecule has 1 heterocycles. The van der Waals surface area contributed by atoms with E-state index in [9.17, 15) is 4.39 Å². The van der Waals surface area contributed by atoms with Gasteiger partial charge in [-0.3, -0.25) is 0 Å². The molecule has 0 amide bonds. The van der Waals surface area contributed by atoms with Crippen molar-refractivity contribution < 1.29 is 4.39 Å². The van der Waals surface area contributed by atoms with Gasteiger partial charge in [0, 0.05) is 27.9 Å². The lowest BCUT2D eigenvalue weighted by Crippen LogP contribution is -2.09. The van der Waals surface area contributed by atoms with Gasteiger partial charge in [-0.15, -0.1) is 0 Å². The van der Waals surface area contributed by atoms with E-state index < -0.39 is 0 Å². The Morgan fingerprint density at radius 2 is 1.75 bits per heavy atom. The molecule has 0 aliphatic heterocycles. The van der Waals surface area contributed by atoms with Gasteiger partial charge in [-0.05, 0) is 57.2 Å². The van der Waals surface area contributed by atoms with E-state index in [4.69, 9.17) is 5.73 Å². The summed E-state index contributed by atoms with van der Waals surface area (Å²) in [7, 11) is 0. The molecule has 2 aromatic rings. The molecule has 2 N–H and O–H groups in total. The summed E-state index contributed by atoms with van der Waals surface area (Å²) in [4.78, 5) is 9.66. The van der Waals surface area contributed by atoms with E-state index in [1.54, 1.807) is 13.0 Å². The van der Waals surface area contributed by atoms with Crippen molar-refractivity contribution in [1.29, 1.82) is 0 Å². The molecule has 106 valence electrons. The van der Waals surface area contributed by atoms with Gasteiger partial charge in [0.25, 0.3) is 0 Å². The number of rotatable bonds is 3. The first-order chi connectivity index (χ1) is 9.40. The van der Waals surface area contributed by atoms with Crippen LogP contribution in [0.5, 0.6) is 0 Å². The van der Waals surface area contributed by atoms with Crippen LogP contribution in [0.1, 0.15) is 35.5 Å². The highest BCUT2D eigenvalue weighted by Gasteiger charge is 2.15. The van der Waals surface area contributed by atoms with Gasteiger partial charge in [-0.2, -0.15) is 0 Å². The third-order valence-electron chi connectivity index (χ3n) is 3.28. The topological polar surface area (TPSA) is 51.8 Å². The molecular weight excluding hydrogens is 273 g/mol. The molecule has 3 nitrogen and oxygen atoms in total. The summed E-state index contributed by atoms with van der Waals surface area (Å²) < 4.78 is 13.9. The van der Waals surface area contributed by atoms with Gasteiger partial charge in [-0.1, -0.05) is 6.07 Å². The van der Waals surface area contributed by atoms with Crippen molar-refractivity contribution in [2.24, 2.45) is 5.73 Å². The second-order valence-electron chi connectivity index (χ2n) is 4.84. The van der Waals surface area contributed by atoms with E-state index in [1.165, 1.54) is 17.8 Å². The molecule has 0 unspecified atom stereocenters. The van der Waals surface area contributed by atoms with Crippen LogP contribution < -0.4 is 5.73 Å². The number of aromatic nitrogens is 2. The lowest BCUT2D eigenvalue weighted by molar-refractivity contribution is 0.585. The summed E-state index contributed by atoms with van der Waals surface area (Å²) in [5.41, 5.74) is 9.34. The molecule has 20 heavy (non-hydrogen) atoms. The van der Waals surface area contributed by atoms with Gasteiger partial charge in [0.15, 0.2) is 5.16 Å². The monoisotopic (exact) mass is 291 g/mol. The minimum atomic E-state index is -0.369. The minimum Gasteiger partial charge on any atom is -0.324 e. The molecule has 0 bridgehead atoms. The van der Waals surface area contributed by atoms with Crippen molar-refractivity contribution in [3.63, 3.8) is 0 Å². The zero-order valence-corrected chi connectivity index (χ0v) is 12.9. The lowest BCUT2D eigenvalue weighted by atomic mass is 10.1. The second-order valence-corrected chi connectivity index (χ2v) is 5.85. The van der Waals surface area contributed by atoms with Gasteiger partial charge >= 0.3 is 0 Å². The highest BCUT2D eigenvalue weighted by atomic mass is 32.2. The van der Waals surface area contributed by atoms with Crippen LogP contribution in [-0.4, -0.2) is 9.97 Å². The van der Waals surface area contributed by atoms with Crippen LogP contribution in [0.15, 0.2) is 28.3 Å². The van der Waals surface area contributed by atoms with E-state index in [0.29, 0.717) is 10.7 Å². The van der Waals surface area contributed by atoms with E-state index in [-0.39, 0.29) is 11.9 Å². The first-order valence-corrected chi connectivity index (χ1v) is 7.25. The predicted octanol–water partition coefficient (Wildman–Crippen LogP) is 3.71. The van der Waals surface area contributed by atoms with Crippen molar-refractivity contribution in [3.8, 4) is 0 Å². The Labute approximate surface area is 122 Å². The first kappa shape index (κ1) is 14.9. The van der Waals surface area contributed by atoms with Crippen molar-refractivity contribution in [3.05, 3.63) is 46.5 Å². The number of nitrogens with two attached hydrogens (primary N) is 1. The molecule has 0 saturated carbocycles. The fourth-order valence-electron chi connectivity index (χ4n) is 1.93. The Morgan fingerprint density at radius 1 is 1.15 bits per heavy atom. The third kappa shape index (κ3) is 2.99. The number of aryl methyl sites for hydroxylation is 2. The van der Waals surface area contributed by atoms with Crippen LogP contribution in [0.25, 0.3) is 0 Å². The number of nitrogens with zero attached hydrogens (tertiary/aromatic N) is 2. The average molecular weight is 291 g/mol. The van der Waals surface area contributed by atoms with Gasteiger partial charge in [0.2, 0.25) is 0 Å². The fraction of sp³-hybridized carbons (Fsp3) is 0.333. The quantitative estimate of drug-likeness (QED) is 0.876.